The molecule has 0 unspecified atom stereocenters. The zero-order chi connectivity index (χ0) is 17.6. The van der Waals surface area contributed by atoms with Crippen molar-refractivity contribution in [1.82, 2.24) is 15.2 Å². The Balaban J connectivity index is 1.93. The number of aromatic nitrogens is 3. The molecule has 0 saturated heterocycles. The summed E-state index contributed by atoms with van der Waals surface area (Å²) in [5.41, 5.74) is 2.58. The Morgan fingerprint density at radius 1 is 1.38 bits per heavy atom. The van der Waals surface area contributed by atoms with Gasteiger partial charge >= 0.3 is 10.4 Å². The molecule has 1 aromatic heterocycles. The van der Waals surface area contributed by atoms with Crippen LogP contribution in [0.3, 0.4) is 0 Å². The summed E-state index contributed by atoms with van der Waals surface area (Å²) < 4.78 is 33.7. The van der Waals surface area contributed by atoms with Crippen molar-refractivity contribution in [2.45, 2.75) is 13.3 Å². The molecule has 0 radical (unpaired) electrons. The number of aryl methyl sites for hydroxylation is 1. The van der Waals surface area contributed by atoms with Gasteiger partial charge in [0.1, 0.15) is 6.33 Å². The smallest absolute Gasteiger partial charge is 0.375 e. The van der Waals surface area contributed by atoms with Gasteiger partial charge < -0.3 is 9.88 Å². The van der Waals surface area contributed by atoms with Gasteiger partial charge in [-0.2, -0.15) is 8.42 Å². The van der Waals surface area contributed by atoms with Crippen molar-refractivity contribution in [2.24, 2.45) is 10.2 Å². The van der Waals surface area contributed by atoms with Crippen LogP contribution in [0.15, 0.2) is 34.8 Å². The number of hydrogen-bond donors (Lipinski definition) is 2. The van der Waals surface area contributed by atoms with E-state index >= 15 is 0 Å². The zero-order valence-corrected chi connectivity index (χ0v) is 14.1. The lowest BCUT2D eigenvalue weighted by atomic mass is 10.1. The molecule has 1 heterocycles. The van der Waals surface area contributed by atoms with E-state index in [0.717, 1.165) is 11.3 Å². The largest absolute Gasteiger partial charge is 0.397 e. The molecule has 24 heavy (non-hydrogen) atoms. The Morgan fingerprint density at radius 3 is 2.79 bits per heavy atom. The molecule has 0 aliphatic heterocycles. The van der Waals surface area contributed by atoms with Gasteiger partial charge in [0, 0.05) is 19.3 Å². The van der Waals surface area contributed by atoms with Crippen molar-refractivity contribution in [3.63, 3.8) is 0 Å². The molecule has 0 fully saturated rings. The van der Waals surface area contributed by atoms with Crippen molar-refractivity contribution in [3.05, 3.63) is 30.1 Å². The fourth-order valence-corrected chi connectivity index (χ4v) is 2.26. The molecule has 0 spiro atoms. The molecule has 11 heteroatoms. The van der Waals surface area contributed by atoms with E-state index < -0.39 is 10.4 Å². The van der Waals surface area contributed by atoms with Crippen LogP contribution in [-0.2, 0) is 14.6 Å². The van der Waals surface area contributed by atoms with Crippen molar-refractivity contribution >= 4 is 27.7 Å². The SMILES string of the molecule is Cc1cc(N(C)CCCOS(=O)(=O)O)ccc1N=Nc1nnc[nH]1. The Labute approximate surface area is 139 Å². The van der Waals surface area contributed by atoms with Gasteiger partial charge in [0.05, 0.1) is 12.3 Å². The van der Waals surface area contributed by atoms with Gasteiger partial charge in [-0.15, -0.1) is 20.4 Å². The van der Waals surface area contributed by atoms with Crippen molar-refractivity contribution in [1.29, 1.82) is 0 Å². The molecular weight excluding hydrogens is 336 g/mol. The van der Waals surface area contributed by atoms with E-state index in [-0.39, 0.29) is 6.61 Å². The summed E-state index contributed by atoms with van der Waals surface area (Å²) in [7, 11) is -2.50. The molecule has 2 rings (SSSR count). The molecule has 0 aliphatic carbocycles. The van der Waals surface area contributed by atoms with Crippen LogP contribution >= 0.6 is 0 Å². The first-order chi connectivity index (χ1) is 11.3. The number of nitrogens with zero attached hydrogens (tertiary/aromatic N) is 5. The third-order valence-corrected chi connectivity index (χ3v) is 3.61. The number of H-pyrrole nitrogens is 1. The normalized spacial score (nSPS) is 12.0. The minimum absolute atomic E-state index is 0.0777. The predicted octanol–water partition coefficient (Wildman–Crippen LogP) is 2.17. The Bertz CT molecular complexity index is 791. The standard InChI is InChI=1S/C13H18N6O4S/c1-10-8-11(19(2)6-3-7-23-24(20,21)22)4-5-12(10)16-18-13-14-9-15-17-13/h4-5,8-9H,3,6-7H2,1-2H3,(H,14,15,17)(H,20,21,22). The van der Waals surface area contributed by atoms with Crippen LogP contribution < -0.4 is 4.90 Å². The maximum Gasteiger partial charge on any atom is 0.397 e. The lowest BCUT2D eigenvalue weighted by Crippen LogP contribution is -2.20. The van der Waals surface area contributed by atoms with E-state index in [1.807, 2.05) is 37.1 Å². The van der Waals surface area contributed by atoms with Gasteiger partial charge in [-0.3, -0.25) is 4.55 Å². The van der Waals surface area contributed by atoms with E-state index in [9.17, 15) is 8.42 Å². The summed E-state index contributed by atoms with van der Waals surface area (Å²) in [5.74, 6) is 0.328. The number of hydrogen-bond acceptors (Lipinski definition) is 8. The second kappa shape index (κ2) is 7.95. The third kappa shape index (κ3) is 5.68. The average molecular weight is 354 g/mol. The number of rotatable bonds is 8. The van der Waals surface area contributed by atoms with Crippen LogP contribution in [0.2, 0.25) is 0 Å². The van der Waals surface area contributed by atoms with Crippen LogP contribution in [0.1, 0.15) is 12.0 Å². The summed E-state index contributed by atoms with van der Waals surface area (Å²) >= 11 is 0. The minimum atomic E-state index is -4.38. The van der Waals surface area contributed by atoms with Crippen molar-refractivity contribution in [2.75, 3.05) is 25.1 Å². The highest BCUT2D eigenvalue weighted by Gasteiger charge is 2.07. The van der Waals surface area contributed by atoms with Gasteiger partial charge in [0.2, 0.25) is 0 Å². The first-order valence-corrected chi connectivity index (χ1v) is 8.43. The second-order valence-electron chi connectivity index (χ2n) is 5.01. The molecule has 0 atom stereocenters. The molecule has 1 aromatic carbocycles. The topological polar surface area (TPSA) is 133 Å². The van der Waals surface area contributed by atoms with Crippen LogP contribution in [0.25, 0.3) is 0 Å². The van der Waals surface area contributed by atoms with E-state index in [4.69, 9.17) is 4.55 Å². The van der Waals surface area contributed by atoms with Crippen LogP contribution in [0.5, 0.6) is 0 Å². The van der Waals surface area contributed by atoms with Gasteiger partial charge in [-0.05, 0) is 37.1 Å². The molecule has 2 N–H and O–H groups in total. The van der Waals surface area contributed by atoms with Crippen LogP contribution in [0, 0.1) is 6.92 Å². The Hall–Kier alpha value is -2.37. The molecule has 0 bridgehead atoms. The number of azo groups is 1. The lowest BCUT2D eigenvalue weighted by molar-refractivity contribution is 0.266. The van der Waals surface area contributed by atoms with Gasteiger partial charge in [-0.25, -0.2) is 4.18 Å². The van der Waals surface area contributed by atoms with Crippen molar-refractivity contribution in [3.8, 4) is 0 Å². The van der Waals surface area contributed by atoms with Gasteiger partial charge in [0.15, 0.2) is 0 Å². The molecule has 10 nitrogen and oxygen atoms in total. The summed E-state index contributed by atoms with van der Waals surface area (Å²) in [5, 5.41) is 15.4. The molecule has 0 aliphatic rings. The predicted molar refractivity (Wildman–Crippen MR) is 87.1 cm³/mol. The number of benzene rings is 1. The third-order valence-electron chi connectivity index (χ3n) is 3.15. The molecule has 0 amide bonds. The van der Waals surface area contributed by atoms with Crippen LogP contribution in [0.4, 0.5) is 17.3 Å². The van der Waals surface area contributed by atoms with Crippen molar-refractivity contribution < 1.29 is 17.2 Å². The van der Waals surface area contributed by atoms with Crippen LogP contribution in [-0.4, -0.2) is 48.4 Å². The molecule has 130 valence electrons. The fourth-order valence-electron chi connectivity index (χ4n) is 1.93. The Morgan fingerprint density at radius 2 is 2.17 bits per heavy atom. The maximum absolute atomic E-state index is 10.5. The fraction of sp³-hybridized carbons (Fsp3) is 0.385. The zero-order valence-electron chi connectivity index (χ0n) is 13.2. The van der Waals surface area contributed by atoms with E-state index in [1.54, 1.807) is 0 Å². The molecule has 2 aromatic rings. The molecule has 0 saturated carbocycles. The van der Waals surface area contributed by atoms with E-state index in [2.05, 4.69) is 29.6 Å². The highest BCUT2D eigenvalue weighted by Crippen LogP contribution is 2.25. The maximum atomic E-state index is 10.5. The van der Waals surface area contributed by atoms with Gasteiger partial charge in [-0.1, -0.05) is 0 Å². The minimum Gasteiger partial charge on any atom is -0.375 e. The van der Waals surface area contributed by atoms with Gasteiger partial charge in [0.25, 0.3) is 5.95 Å². The monoisotopic (exact) mass is 354 g/mol. The highest BCUT2D eigenvalue weighted by atomic mass is 32.3. The van der Waals surface area contributed by atoms with E-state index in [0.29, 0.717) is 24.6 Å². The summed E-state index contributed by atoms with van der Waals surface area (Å²) in [6.07, 6.45) is 1.87. The average Bonchev–Trinajstić information content (AvgIpc) is 3.02. The summed E-state index contributed by atoms with van der Waals surface area (Å²) in [6, 6.07) is 5.65. The summed E-state index contributed by atoms with van der Waals surface area (Å²) in [6.45, 7) is 2.40. The van der Waals surface area contributed by atoms with E-state index in [1.165, 1.54) is 6.33 Å². The Kier molecular flexibility index (Phi) is 5.95. The quantitative estimate of drug-likeness (QED) is 0.421. The summed E-state index contributed by atoms with van der Waals surface area (Å²) in [4.78, 5) is 4.67. The number of aromatic amines is 1. The number of anilines is 1. The second-order valence-corrected chi connectivity index (χ2v) is 6.10. The molecular formula is C13H18N6O4S. The first kappa shape index (κ1) is 18.0. The number of nitrogens with one attached hydrogen (secondary N) is 1. The first-order valence-electron chi connectivity index (χ1n) is 7.06. The highest BCUT2D eigenvalue weighted by molar-refractivity contribution is 7.80. The lowest BCUT2D eigenvalue weighted by Gasteiger charge is -2.19.